The molecule has 0 saturated carbocycles. The van der Waals surface area contributed by atoms with Crippen molar-refractivity contribution in [1.82, 2.24) is 4.98 Å². The predicted molar refractivity (Wildman–Crippen MR) is 48.0 cm³/mol. The van der Waals surface area contributed by atoms with Crippen LogP contribution in [0.3, 0.4) is 0 Å². The van der Waals surface area contributed by atoms with E-state index in [0.717, 1.165) is 5.56 Å². The van der Waals surface area contributed by atoms with Gasteiger partial charge in [-0.3, -0.25) is 4.98 Å². The van der Waals surface area contributed by atoms with Gasteiger partial charge in [0.25, 0.3) is 0 Å². The second kappa shape index (κ2) is 3.33. The predicted octanol–water partition coefficient (Wildman–Crippen LogP) is 1.54. The fourth-order valence-corrected chi connectivity index (χ4v) is 1.14. The van der Waals surface area contributed by atoms with Crippen molar-refractivity contribution in [3.63, 3.8) is 0 Å². The summed E-state index contributed by atoms with van der Waals surface area (Å²) in [6.45, 7) is 3.42. The minimum absolute atomic E-state index is 0.742. The Kier molecular flexibility index (Phi) is 2.59. The topological polar surface area (TPSA) is 50.2 Å². The molecule has 1 aromatic heterocycles. The maximum atomic E-state index is 10.9. The van der Waals surface area contributed by atoms with Crippen LogP contribution >= 0.6 is 0 Å². The highest BCUT2D eigenvalue weighted by atomic mass is 32.2. The number of pyridine rings is 1. The van der Waals surface area contributed by atoms with E-state index in [-0.39, 0.29) is 0 Å². The van der Waals surface area contributed by atoms with Crippen LogP contribution in [0.4, 0.5) is 0 Å². The first-order valence-electron chi connectivity index (χ1n) is 3.56. The summed E-state index contributed by atoms with van der Waals surface area (Å²) in [5, 5.41) is 0. The van der Waals surface area contributed by atoms with Crippen LogP contribution in [0.25, 0.3) is 0 Å². The fraction of sp³-hybridized carbons (Fsp3) is 0.375. The SMILES string of the molecule is CC(C)(c1cccnc1)S(=O)O. The van der Waals surface area contributed by atoms with E-state index in [1.54, 1.807) is 38.4 Å². The Morgan fingerprint density at radius 3 is 2.67 bits per heavy atom. The van der Waals surface area contributed by atoms with Crippen LogP contribution < -0.4 is 0 Å². The molecule has 0 aliphatic carbocycles. The minimum atomic E-state index is -1.87. The lowest BCUT2D eigenvalue weighted by molar-refractivity contribution is 0.523. The summed E-state index contributed by atoms with van der Waals surface area (Å²) in [7, 11) is 0. The van der Waals surface area contributed by atoms with Gasteiger partial charge in [0.05, 0.1) is 4.75 Å². The number of nitrogens with zero attached hydrogens (tertiary/aromatic N) is 1. The van der Waals surface area contributed by atoms with Gasteiger partial charge in [0, 0.05) is 12.4 Å². The van der Waals surface area contributed by atoms with Gasteiger partial charge in [0.1, 0.15) is 0 Å². The van der Waals surface area contributed by atoms with Gasteiger partial charge in [-0.15, -0.1) is 0 Å². The molecule has 0 bridgehead atoms. The van der Waals surface area contributed by atoms with E-state index in [2.05, 4.69) is 4.98 Å². The summed E-state index contributed by atoms with van der Waals surface area (Å²) in [6.07, 6.45) is 3.24. The molecular formula is C8H11NO2S. The third-order valence-corrected chi connectivity index (χ3v) is 2.90. The molecule has 1 atom stereocenters. The summed E-state index contributed by atoms with van der Waals surface area (Å²) in [5.74, 6) is 0. The monoisotopic (exact) mass is 185 g/mol. The molecule has 0 saturated heterocycles. The summed E-state index contributed by atoms with van der Waals surface area (Å²) >= 11 is -1.87. The van der Waals surface area contributed by atoms with Gasteiger partial charge >= 0.3 is 0 Å². The minimum Gasteiger partial charge on any atom is -0.305 e. The molecule has 0 amide bonds. The van der Waals surface area contributed by atoms with E-state index in [1.807, 2.05) is 0 Å². The number of rotatable bonds is 2. The van der Waals surface area contributed by atoms with E-state index in [1.165, 1.54) is 0 Å². The molecule has 1 aromatic rings. The van der Waals surface area contributed by atoms with Crippen molar-refractivity contribution < 1.29 is 8.76 Å². The molecule has 1 heterocycles. The fourth-order valence-electron chi connectivity index (χ4n) is 0.820. The smallest absolute Gasteiger partial charge is 0.163 e. The maximum Gasteiger partial charge on any atom is 0.163 e. The quantitative estimate of drug-likeness (QED) is 0.711. The summed E-state index contributed by atoms with van der Waals surface area (Å²) in [4.78, 5) is 3.89. The molecule has 0 aliphatic rings. The highest BCUT2D eigenvalue weighted by molar-refractivity contribution is 7.80. The molecule has 0 fully saturated rings. The standard InChI is InChI=1S/C8H11NO2S/c1-8(2,12(10)11)7-4-3-5-9-6-7/h3-6H,1-2H3,(H,10,11). The Labute approximate surface area is 74.1 Å². The molecule has 1 unspecified atom stereocenters. The lowest BCUT2D eigenvalue weighted by atomic mass is 10.1. The molecule has 4 heteroatoms. The Hall–Kier alpha value is -0.740. The second-order valence-corrected chi connectivity index (χ2v) is 4.52. The first kappa shape index (κ1) is 9.35. The highest BCUT2D eigenvalue weighted by Crippen LogP contribution is 2.24. The molecule has 1 N–H and O–H groups in total. The molecule has 0 aromatic carbocycles. The van der Waals surface area contributed by atoms with Crippen molar-refractivity contribution in [3.05, 3.63) is 30.1 Å². The lowest BCUT2D eigenvalue weighted by Gasteiger charge is -2.19. The van der Waals surface area contributed by atoms with Crippen molar-refractivity contribution in [2.75, 3.05) is 0 Å². The van der Waals surface area contributed by atoms with Gasteiger partial charge < -0.3 is 4.55 Å². The Balaban J connectivity index is 3.06. The van der Waals surface area contributed by atoms with Crippen molar-refractivity contribution in [1.29, 1.82) is 0 Å². The number of hydrogen-bond donors (Lipinski definition) is 1. The normalized spacial score (nSPS) is 14.2. The molecule has 1 rings (SSSR count). The van der Waals surface area contributed by atoms with Crippen LogP contribution in [0, 0.1) is 0 Å². The molecular weight excluding hydrogens is 174 g/mol. The van der Waals surface area contributed by atoms with E-state index >= 15 is 0 Å². The Bertz CT molecular complexity index is 284. The first-order chi connectivity index (χ1) is 5.55. The van der Waals surface area contributed by atoms with Gasteiger partial charge in [-0.2, -0.15) is 0 Å². The van der Waals surface area contributed by atoms with Crippen molar-refractivity contribution in [3.8, 4) is 0 Å². The average molecular weight is 185 g/mol. The zero-order chi connectivity index (χ0) is 9.19. The molecule has 3 nitrogen and oxygen atoms in total. The maximum absolute atomic E-state index is 10.9. The Morgan fingerprint density at radius 2 is 2.25 bits per heavy atom. The zero-order valence-corrected chi connectivity index (χ0v) is 7.84. The van der Waals surface area contributed by atoms with Crippen LogP contribution in [0.2, 0.25) is 0 Å². The summed E-state index contributed by atoms with van der Waals surface area (Å²) in [6, 6.07) is 3.55. The molecule has 0 aliphatic heterocycles. The Morgan fingerprint density at radius 1 is 1.58 bits per heavy atom. The van der Waals surface area contributed by atoms with Crippen LogP contribution in [0.15, 0.2) is 24.5 Å². The van der Waals surface area contributed by atoms with Crippen LogP contribution in [0.1, 0.15) is 19.4 Å². The second-order valence-electron chi connectivity index (χ2n) is 3.00. The van der Waals surface area contributed by atoms with E-state index in [9.17, 15) is 4.21 Å². The molecule has 66 valence electrons. The van der Waals surface area contributed by atoms with E-state index in [4.69, 9.17) is 4.55 Å². The van der Waals surface area contributed by atoms with Gasteiger partial charge in [-0.25, -0.2) is 4.21 Å². The number of hydrogen-bond acceptors (Lipinski definition) is 2. The van der Waals surface area contributed by atoms with Gasteiger partial charge in [-0.05, 0) is 25.5 Å². The molecule has 0 radical (unpaired) electrons. The molecule has 0 spiro atoms. The van der Waals surface area contributed by atoms with Crippen LogP contribution in [-0.4, -0.2) is 13.7 Å². The van der Waals surface area contributed by atoms with Crippen LogP contribution in [0.5, 0.6) is 0 Å². The largest absolute Gasteiger partial charge is 0.305 e. The summed E-state index contributed by atoms with van der Waals surface area (Å²) < 4.78 is 19.1. The zero-order valence-electron chi connectivity index (χ0n) is 7.02. The third-order valence-electron chi connectivity index (χ3n) is 1.79. The van der Waals surface area contributed by atoms with Crippen molar-refractivity contribution >= 4 is 11.1 Å². The number of aromatic nitrogens is 1. The van der Waals surface area contributed by atoms with Gasteiger partial charge in [0.2, 0.25) is 0 Å². The van der Waals surface area contributed by atoms with E-state index < -0.39 is 15.8 Å². The van der Waals surface area contributed by atoms with Gasteiger partial charge in [-0.1, -0.05) is 6.07 Å². The first-order valence-corrected chi connectivity index (χ1v) is 4.67. The van der Waals surface area contributed by atoms with Crippen molar-refractivity contribution in [2.45, 2.75) is 18.6 Å². The van der Waals surface area contributed by atoms with Gasteiger partial charge in [0.15, 0.2) is 11.1 Å². The lowest BCUT2D eigenvalue weighted by Crippen LogP contribution is -2.23. The highest BCUT2D eigenvalue weighted by Gasteiger charge is 2.27. The summed E-state index contributed by atoms with van der Waals surface area (Å²) in [5.41, 5.74) is 0.769. The van der Waals surface area contributed by atoms with Crippen molar-refractivity contribution in [2.24, 2.45) is 0 Å². The average Bonchev–Trinajstić information content (AvgIpc) is 2.06. The van der Waals surface area contributed by atoms with Crippen LogP contribution in [-0.2, 0) is 15.8 Å². The molecule has 12 heavy (non-hydrogen) atoms. The third kappa shape index (κ3) is 1.70. The van der Waals surface area contributed by atoms with E-state index in [0.29, 0.717) is 0 Å².